The summed E-state index contributed by atoms with van der Waals surface area (Å²) in [6.45, 7) is 7.78. The number of fused-ring (bicyclic) bond motifs is 1. The van der Waals surface area contributed by atoms with Gasteiger partial charge in [-0.1, -0.05) is 35.6 Å². The fourth-order valence-corrected chi connectivity index (χ4v) is 4.65. The lowest BCUT2D eigenvalue weighted by Crippen LogP contribution is -2.49. The summed E-state index contributed by atoms with van der Waals surface area (Å²) >= 11 is 1.75. The van der Waals surface area contributed by atoms with Crippen LogP contribution in [-0.2, 0) is 4.79 Å². The molecule has 0 bridgehead atoms. The van der Waals surface area contributed by atoms with E-state index in [0.29, 0.717) is 13.0 Å². The number of nitrogens with zero attached hydrogens (tertiary/aromatic N) is 3. The lowest BCUT2D eigenvalue weighted by atomic mass is 10.1. The average molecular weight is 396 g/mol. The number of benzene rings is 2. The van der Waals surface area contributed by atoms with Crippen molar-refractivity contribution in [2.75, 3.05) is 37.7 Å². The highest BCUT2D eigenvalue weighted by Crippen LogP contribution is 2.32. The molecule has 1 aliphatic heterocycles. The molecule has 1 aliphatic rings. The molecule has 0 aliphatic carbocycles. The van der Waals surface area contributed by atoms with E-state index in [1.54, 1.807) is 11.3 Å². The van der Waals surface area contributed by atoms with Gasteiger partial charge in [-0.05, 0) is 43.2 Å². The molecule has 0 N–H and O–H groups in total. The zero-order chi connectivity index (χ0) is 19.5. The summed E-state index contributed by atoms with van der Waals surface area (Å²) in [4.78, 5) is 21.5. The summed E-state index contributed by atoms with van der Waals surface area (Å²) in [6.07, 6.45) is 0.411. The van der Waals surface area contributed by atoms with Crippen molar-refractivity contribution in [2.45, 2.75) is 20.3 Å². The topological polar surface area (TPSA) is 45.7 Å². The maximum Gasteiger partial charge on any atom is 0.226 e. The molecule has 5 nitrogen and oxygen atoms in total. The van der Waals surface area contributed by atoms with Crippen molar-refractivity contribution in [3.8, 4) is 5.75 Å². The summed E-state index contributed by atoms with van der Waals surface area (Å²) in [7, 11) is 0. The maximum absolute atomic E-state index is 12.5. The third-order valence-electron chi connectivity index (χ3n) is 5.04. The molecular formula is C22H25N3O2S. The van der Waals surface area contributed by atoms with Crippen LogP contribution in [0.15, 0.2) is 42.5 Å². The first-order chi connectivity index (χ1) is 13.6. The Kier molecular flexibility index (Phi) is 5.48. The van der Waals surface area contributed by atoms with Crippen molar-refractivity contribution in [2.24, 2.45) is 0 Å². The van der Waals surface area contributed by atoms with Crippen LogP contribution in [0.2, 0.25) is 0 Å². The summed E-state index contributed by atoms with van der Waals surface area (Å²) in [6, 6.07) is 14.0. The second-order valence-electron chi connectivity index (χ2n) is 7.21. The lowest BCUT2D eigenvalue weighted by molar-refractivity contribution is -0.132. The molecule has 28 heavy (non-hydrogen) atoms. The molecule has 0 saturated carbocycles. The number of aromatic nitrogens is 1. The number of carbonyl (C=O) groups is 1. The quantitative estimate of drug-likeness (QED) is 0.654. The van der Waals surface area contributed by atoms with Crippen molar-refractivity contribution in [3.63, 3.8) is 0 Å². The molecular weight excluding hydrogens is 370 g/mol. The predicted octanol–water partition coefficient (Wildman–Crippen LogP) is 4.03. The maximum atomic E-state index is 12.5. The van der Waals surface area contributed by atoms with Gasteiger partial charge in [-0.2, -0.15) is 0 Å². The number of hydrogen-bond donors (Lipinski definition) is 0. The van der Waals surface area contributed by atoms with Crippen LogP contribution in [0.1, 0.15) is 17.5 Å². The minimum Gasteiger partial charge on any atom is -0.493 e. The van der Waals surface area contributed by atoms with Gasteiger partial charge in [0.1, 0.15) is 5.75 Å². The molecule has 0 radical (unpaired) electrons. The van der Waals surface area contributed by atoms with Crippen molar-refractivity contribution in [3.05, 3.63) is 53.6 Å². The highest BCUT2D eigenvalue weighted by Gasteiger charge is 2.23. The average Bonchev–Trinajstić information content (AvgIpc) is 3.13. The Labute approximate surface area is 169 Å². The van der Waals surface area contributed by atoms with Crippen molar-refractivity contribution < 1.29 is 9.53 Å². The Morgan fingerprint density at radius 1 is 1.11 bits per heavy atom. The molecule has 2 aromatic carbocycles. The highest BCUT2D eigenvalue weighted by atomic mass is 32.1. The van der Waals surface area contributed by atoms with Gasteiger partial charge in [-0.25, -0.2) is 4.98 Å². The summed E-state index contributed by atoms with van der Waals surface area (Å²) in [5.74, 6) is 0.966. The molecule has 0 unspecified atom stereocenters. The monoisotopic (exact) mass is 395 g/mol. The lowest BCUT2D eigenvalue weighted by Gasteiger charge is -2.34. The van der Waals surface area contributed by atoms with Crippen molar-refractivity contribution in [1.82, 2.24) is 9.88 Å². The van der Waals surface area contributed by atoms with Gasteiger partial charge in [0.25, 0.3) is 0 Å². The van der Waals surface area contributed by atoms with Crippen LogP contribution >= 0.6 is 11.3 Å². The Morgan fingerprint density at radius 3 is 2.61 bits per heavy atom. The molecule has 4 rings (SSSR count). The Bertz CT molecular complexity index is 963. The van der Waals surface area contributed by atoms with E-state index < -0.39 is 0 Å². The molecule has 1 fully saturated rings. The van der Waals surface area contributed by atoms with E-state index in [1.165, 1.54) is 15.8 Å². The van der Waals surface area contributed by atoms with E-state index in [2.05, 4.69) is 30.9 Å². The van der Waals surface area contributed by atoms with E-state index in [-0.39, 0.29) is 5.91 Å². The van der Waals surface area contributed by atoms with Gasteiger partial charge in [0.2, 0.25) is 5.91 Å². The number of rotatable bonds is 5. The van der Waals surface area contributed by atoms with Gasteiger partial charge < -0.3 is 14.5 Å². The number of aryl methyl sites for hydroxylation is 2. The first kappa shape index (κ1) is 18.7. The van der Waals surface area contributed by atoms with Gasteiger partial charge in [-0.15, -0.1) is 0 Å². The van der Waals surface area contributed by atoms with Gasteiger partial charge >= 0.3 is 0 Å². The smallest absolute Gasteiger partial charge is 0.226 e. The normalized spacial score (nSPS) is 14.5. The second kappa shape index (κ2) is 8.19. The minimum absolute atomic E-state index is 0.159. The third-order valence-corrected chi connectivity index (χ3v) is 6.31. The van der Waals surface area contributed by atoms with Crippen LogP contribution in [-0.4, -0.2) is 48.6 Å². The summed E-state index contributed by atoms with van der Waals surface area (Å²) in [5, 5.41) is 1.06. The first-order valence-corrected chi connectivity index (χ1v) is 10.5. The van der Waals surface area contributed by atoms with Crippen molar-refractivity contribution >= 4 is 32.6 Å². The van der Waals surface area contributed by atoms with Gasteiger partial charge in [-0.3, -0.25) is 4.79 Å². The molecule has 2 heterocycles. The molecule has 1 saturated heterocycles. The second-order valence-corrected chi connectivity index (χ2v) is 8.18. The SMILES string of the molecule is Cc1cc(C)c2sc(N3CCN(C(=O)CCOc4ccccc4)CC3)nc2c1. The zero-order valence-corrected chi connectivity index (χ0v) is 17.2. The minimum atomic E-state index is 0.159. The summed E-state index contributed by atoms with van der Waals surface area (Å²) < 4.78 is 6.91. The Hall–Kier alpha value is -2.60. The standard InChI is InChI=1S/C22H25N3O2S/c1-16-14-17(2)21-19(15-16)23-22(28-21)25-11-9-24(10-12-25)20(26)8-13-27-18-6-4-3-5-7-18/h3-7,14-15H,8-13H2,1-2H3. The number of hydrogen-bond acceptors (Lipinski definition) is 5. The molecule has 1 aromatic heterocycles. The van der Waals surface area contributed by atoms with Gasteiger partial charge in [0.15, 0.2) is 5.13 Å². The highest BCUT2D eigenvalue weighted by molar-refractivity contribution is 7.22. The summed E-state index contributed by atoms with van der Waals surface area (Å²) in [5.41, 5.74) is 3.61. The number of carbonyl (C=O) groups excluding carboxylic acids is 1. The number of thiazole rings is 1. The van der Waals surface area contributed by atoms with E-state index in [4.69, 9.17) is 9.72 Å². The molecule has 0 spiro atoms. The molecule has 1 amide bonds. The number of para-hydroxylation sites is 1. The number of piperazine rings is 1. The van der Waals surface area contributed by atoms with Crippen LogP contribution in [0.25, 0.3) is 10.2 Å². The third kappa shape index (κ3) is 4.12. The molecule has 146 valence electrons. The van der Waals surface area contributed by atoms with Gasteiger partial charge in [0, 0.05) is 26.2 Å². The van der Waals surface area contributed by atoms with E-state index in [0.717, 1.165) is 42.6 Å². The first-order valence-electron chi connectivity index (χ1n) is 9.68. The zero-order valence-electron chi connectivity index (χ0n) is 16.4. The number of ether oxygens (including phenoxy) is 1. The number of anilines is 1. The largest absolute Gasteiger partial charge is 0.493 e. The predicted molar refractivity (Wildman–Crippen MR) is 114 cm³/mol. The Morgan fingerprint density at radius 2 is 1.86 bits per heavy atom. The molecule has 6 heteroatoms. The van der Waals surface area contributed by atoms with E-state index in [9.17, 15) is 4.79 Å². The van der Waals surface area contributed by atoms with Crippen LogP contribution in [0.5, 0.6) is 5.75 Å². The van der Waals surface area contributed by atoms with E-state index >= 15 is 0 Å². The van der Waals surface area contributed by atoms with Crippen LogP contribution in [0, 0.1) is 13.8 Å². The number of amides is 1. The van der Waals surface area contributed by atoms with Crippen LogP contribution < -0.4 is 9.64 Å². The van der Waals surface area contributed by atoms with Crippen LogP contribution in [0.4, 0.5) is 5.13 Å². The molecule has 0 atom stereocenters. The van der Waals surface area contributed by atoms with Crippen molar-refractivity contribution in [1.29, 1.82) is 0 Å². The Balaban J connectivity index is 1.30. The molecule has 3 aromatic rings. The van der Waals surface area contributed by atoms with Crippen LogP contribution in [0.3, 0.4) is 0 Å². The fourth-order valence-electron chi connectivity index (χ4n) is 3.58. The van der Waals surface area contributed by atoms with Gasteiger partial charge in [0.05, 0.1) is 23.2 Å². The fraction of sp³-hybridized carbons (Fsp3) is 0.364. The van der Waals surface area contributed by atoms with E-state index in [1.807, 2.05) is 35.2 Å².